The fraction of sp³-hybridized carbons (Fsp3) is 0.682. The number of ether oxygens (including phenoxy) is 2. The zero-order chi connectivity index (χ0) is 19.5. The van der Waals surface area contributed by atoms with Gasteiger partial charge in [-0.15, -0.1) is 0 Å². The summed E-state index contributed by atoms with van der Waals surface area (Å²) in [5, 5.41) is 0. The van der Waals surface area contributed by atoms with Crippen LogP contribution in [0.3, 0.4) is 0 Å². The predicted molar refractivity (Wildman–Crippen MR) is 110 cm³/mol. The monoisotopic (exact) mass is 376 g/mol. The summed E-state index contributed by atoms with van der Waals surface area (Å²) in [6.45, 7) is 16.5. The molecule has 0 radical (unpaired) electrons. The highest BCUT2D eigenvalue weighted by atomic mass is 28.3. The number of hydrogen-bond donors (Lipinski definition) is 0. The molecule has 0 aromatic heterocycles. The lowest BCUT2D eigenvalue weighted by atomic mass is 9.83. The zero-order valence-electron chi connectivity index (χ0n) is 17.5. The van der Waals surface area contributed by atoms with Crippen molar-refractivity contribution in [1.29, 1.82) is 0 Å². The van der Waals surface area contributed by atoms with Gasteiger partial charge in [0, 0.05) is 6.42 Å². The van der Waals surface area contributed by atoms with E-state index in [0.29, 0.717) is 23.2 Å². The molecule has 146 valence electrons. The summed E-state index contributed by atoms with van der Waals surface area (Å²) in [5.74, 6) is -0.242. The molecule has 2 atom stereocenters. The van der Waals surface area contributed by atoms with Crippen LogP contribution >= 0.6 is 0 Å². The number of carbonyl (C=O) groups excluding carboxylic acids is 1. The highest BCUT2D eigenvalue weighted by molar-refractivity contribution is 6.83. The third-order valence-corrected chi connectivity index (χ3v) is 14.1. The lowest BCUT2D eigenvalue weighted by Crippen LogP contribution is -2.58. The van der Waals surface area contributed by atoms with Crippen LogP contribution in [-0.2, 0) is 19.9 Å². The minimum Gasteiger partial charge on any atom is -0.464 e. The molecule has 0 spiro atoms. The van der Waals surface area contributed by atoms with Crippen LogP contribution in [0.25, 0.3) is 0 Å². The lowest BCUT2D eigenvalue weighted by molar-refractivity contribution is -0.227. The maximum absolute atomic E-state index is 12.7. The molecule has 1 aromatic rings. The standard InChI is InChI=1S/C22H36O3Si/c1-8-24-21(23)22(19-12-10-9-11-13-19)14-20(25-22)15-26(16(2)3,17(4)5)18(6)7/h9-13,16-18,20H,8,14-15H2,1-7H3/t20-,22+/m0/s1. The van der Waals surface area contributed by atoms with Crippen molar-refractivity contribution < 1.29 is 14.3 Å². The van der Waals surface area contributed by atoms with Crippen LogP contribution in [0.5, 0.6) is 0 Å². The summed E-state index contributed by atoms with van der Waals surface area (Å²) in [6, 6.07) is 11.0. The van der Waals surface area contributed by atoms with E-state index >= 15 is 0 Å². The van der Waals surface area contributed by atoms with Gasteiger partial charge in [-0.25, -0.2) is 4.79 Å². The second-order valence-electron chi connectivity index (χ2n) is 8.64. The van der Waals surface area contributed by atoms with E-state index in [1.165, 1.54) is 0 Å². The van der Waals surface area contributed by atoms with Crippen molar-refractivity contribution in [1.82, 2.24) is 0 Å². The second-order valence-corrected chi connectivity index (χ2v) is 14.7. The molecule has 3 nitrogen and oxygen atoms in total. The Kier molecular flexibility index (Phi) is 6.73. The van der Waals surface area contributed by atoms with E-state index in [0.717, 1.165) is 18.0 Å². The molecule has 1 aliphatic heterocycles. The van der Waals surface area contributed by atoms with Crippen LogP contribution in [0.15, 0.2) is 30.3 Å². The van der Waals surface area contributed by atoms with E-state index in [1.807, 2.05) is 37.3 Å². The molecule has 0 bridgehead atoms. The highest BCUT2D eigenvalue weighted by Crippen LogP contribution is 2.52. The third kappa shape index (κ3) is 3.63. The Morgan fingerprint density at radius 1 is 1.12 bits per heavy atom. The number of hydrogen-bond acceptors (Lipinski definition) is 3. The van der Waals surface area contributed by atoms with Gasteiger partial charge >= 0.3 is 5.97 Å². The van der Waals surface area contributed by atoms with Gasteiger partial charge in [-0.1, -0.05) is 88.5 Å². The Morgan fingerprint density at radius 3 is 2.04 bits per heavy atom. The van der Waals surface area contributed by atoms with E-state index < -0.39 is 13.7 Å². The van der Waals surface area contributed by atoms with E-state index in [9.17, 15) is 4.79 Å². The van der Waals surface area contributed by atoms with E-state index in [1.54, 1.807) is 0 Å². The average molecular weight is 377 g/mol. The summed E-state index contributed by atoms with van der Waals surface area (Å²) >= 11 is 0. The Hall–Kier alpha value is -1.13. The molecule has 2 rings (SSSR count). The molecule has 1 saturated heterocycles. The smallest absolute Gasteiger partial charge is 0.343 e. The van der Waals surface area contributed by atoms with E-state index in [2.05, 4.69) is 41.5 Å². The van der Waals surface area contributed by atoms with Crippen molar-refractivity contribution in [2.75, 3.05) is 6.61 Å². The molecule has 0 unspecified atom stereocenters. The Morgan fingerprint density at radius 2 is 1.62 bits per heavy atom. The van der Waals surface area contributed by atoms with Crippen LogP contribution in [0.1, 0.15) is 60.5 Å². The molecule has 0 aliphatic carbocycles. The Labute approximate surface area is 160 Å². The molecule has 26 heavy (non-hydrogen) atoms. The SMILES string of the molecule is CCOC(=O)[C@]1(c2ccccc2)C[C@@H](C[Si](C(C)C)(C(C)C)C(C)C)O1. The number of esters is 1. The first kappa shape index (κ1) is 21.2. The third-order valence-electron chi connectivity index (χ3n) is 6.53. The molecular weight excluding hydrogens is 340 g/mol. The minimum absolute atomic E-state index is 0.151. The number of rotatable bonds is 8. The molecule has 1 aliphatic rings. The van der Waals surface area contributed by atoms with Crippen LogP contribution in [-0.4, -0.2) is 26.8 Å². The highest BCUT2D eigenvalue weighted by Gasteiger charge is 2.57. The summed E-state index contributed by atoms with van der Waals surface area (Å²) in [6.07, 6.45) is 0.884. The first-order valence-corrected chi connectivity index (χ1v) is 12.5. The van der Waals surface area contributed by atoms with Crippen molar-refractivity contribution in [2.24, 2.45) is 0 Å². The fourth-order valence-corrected chi connectivity index (χ4v) is 11.6. The van der Waals surface area contributed by atoms with Crippen molar-refractivity contribution >= 4 is 14.0 Å². The van der Waals surface area contributed by atoms with E-state index in [4.69, 9.17) is 9.47 Å². The van der Waals surface area contributed by atoms with Crippen molar-refractivity contribution in [2.45, 2.75) is 89.3 Å². The van der Waals surface area contributed by atoms with Gasteiger partial charge in [0.05, 0.1) is 20.8 Å². The topological polar surface area (TPSA) is 35.5 Å². The normalized spacial score (nSPS) is 23.4. The maximum atomic E-state index is 12.7. The maximum Gasteiger partial charge on any atom is 0.343 e. The van der Waals surface area contributed by atoms with Crippen LogP contribution < -0.4 is 0 Å². The van der Waals surface area contributed by atoms with Crippen molar-refractivity contribution in [3.8, 4) is 0 Å². The molecule has 4 heteroatoms. The molecule has 0 amide bonds. The van der Waals surface area contributed by atoms with Crippen LogP contribution in [0, 0.1) is 0 Å². The lowest BCUT2D eigenvalue weighted by Gasteiger charge is -2.52. The van der Waals surface area contributed by atoms with Gasteiger partial charge < -0.3 is 9.47 Å². The zero-order valence-corrected chi connectivity index (χ0v) is 18.5. The van der Waals surface area contributed by atoms with Gasteiger partial charge in [0.25, 0.3) is 0 Å². The summed E-state index contributed by atoms with van der Waals surface area (Å²) in [5.41, 5.74) is 2.09. The van der Waals surface area contributed by atoms with Crippen molar-refractivity contribution in [3.63, 3.8) is 0 Å². The Balaban J connectivity index is 2.25. The summed E-state index contributed by atoms with van der Waals surface area (Å²) in [4.78, 5) is 12.7. The van der Waals surface area contributed by atoms with Gasteiger partial charge in [0.2, 0.25) is 0 Å². The van der Waals surface area contributed by atoms with Gasteiger partial charge in [0.1, 0.15) is 0 Å². The van der Waals surface area contributed by atoms with Gasteiger partial charge in [0.15, 0.2) is 5.60 Å². The second kappa shape index (κ2) is 8.26. The summed E-state index contributed by atoms with van der Waals surface area (Å²) in [7, 11) is -1.55. The fourth-order valence-electron chi connectivity index (χ4n) is 5.20. The predicted octanol–water partition coefficient (Wildman–Crippen LogP) is 5.91. The molecule has 1 heterocycles. The first-order chi connectivity index (χ1) is 12.2. The number of benzene rings is 1. The largest absolute Gasteiger partial charge is 0.464 e. The summed E-state index contributed by atoms with van der Waals surface area (Å²) < 4.78 is 11.8. The molecule has 1 aromatic carbocycles. The van der Waals surface area contributed by atoms with Gasteiger partial charge in [-0.2, -0.15) is 0 Å². The van der Waals surface area contributed by atoms with Gasteiger partial charge in [-0.05, 0) is 18.5 Å². The van der Waals surface area contributed by atoms with E-state index in [-0.39, 0.29) is 12.1 Å². The molecule has 0 N–H and O–H groups in total. The quantitative estimate of drug-likeness (QED) is 0.418. The number of carbonyl (C=O) groups is 1. The van der Waals surface area contributed by atoms with Crippen molar-refractivity contribution in [3.05, 3.63) is 35.9 Å². The average Bonchev–Trinajstić information content (AvgIpc) is 2.54. The Bertz CT molecular complexity index is 567. The molecular formula is C22H36O3Si. The van der Waals surface area contributed by atoms with Gasteiger partial charge in [-0.3, -0.25) is 0 Å². The van der Waals surface area contributed by atoms with Crippen LogP contribution in [0.2, 0.25) is 22.7 Å². The minimum atomic E-state index is -1.55. The molecule has 0 saturated carbocycles. The molecule has 1 fully saturated rings. The van der Waals surface area contributed by atoms with Crippen LogP contribution in [0.4, 0.5) is 0 Å². The first-order valence-electron chi connectivity index (χ1n) is 10.1.